The molecule has 106 valence electrons. The summed E-state index contributed by atoms with van der Waals surface area (Å²) in [4.78, 5) is 20.7. The predicted molar refractivity (Wildman–Crippen MR) is 68.4 cm³/mol. The Morgan fingerprint density at radius 3 is 1.26 bits per heavy atom. The molecule has 0 radical (unpaired) electrons. The van der Waals surface area contributed by atoms with Gasteiger partial charge in [0.25, 0.3) is 0 Å². The molecule has 0 atom stereocenters. The molecule has 0 aromatic heterocycles. The van der Waals surface area contributed by atoms with Crippen LogP contribution in [0.15, 0.2) is 24.3 Å². The van der Waals surface area contributed by atoms with Crippen LogP contribution in [0.3, 0.4) is 0 Å². The molecule has 0 amide bonds. The summed E-state index contributed by atoms with van der Waals surface area (Å²) < 4.78 is 0. The standard InChI is InChI=1S/C8H6O4.C5H12O2/c9-7(10)5-1-2-6(4-3-5)8(11)12;6-4-2-1-3-5-7/h1-4H,(H,9,10)(H,11,12);6-7H,1-5H2. The average Bonchev–Trinajstić information content (AvgIpc) is 2.40. The van der Waals surface area contributed by atoms with Gasteiger partial charge < -0.3 is 20.4 Å². The molecule has 0 aliphatic rings. The normalized spacial score (nSPS) is 9.37. The van der Waals surface area contributed by atoms with Crippen molar-refractivity contribution in [2.24, 2.45) is 0 Å². The number of carboxylic acid groups (broad SMARTS) is 2. The van der Waals surface area contributed by atoms with Gasteiger partial charge in [0, 0.05) is 13.2 Å². The van der Waals surface area contributed by atoms with Crippen LogP contribution in [0.4, 0.5) is 0 Å². The summed E-state index contributed by atoms with van der Waals surface area (Å²) in [6.45, 7) is 0.500. The zero-order chi connectivity index (χ0) is 14.7. The third-order valence-corrected chi connectivity index (χ3v) is 2.20. The number of carboxylic acids is 2. The van der Waals surface area contributed by atoms with Crippen molar-refractivity contribution in [3.05, 3.63) is 35.4 Å². The van der Waals surface area contributed by atoms with Crippen molar-refractivity contribution in [2.45, 2.75) is 19.3 Å². The molecule has 0 fully saturated rings. The fourth-order valence-electron chi connectivity index (χ4n) is 1.16. The fraction of sp³-hybridized carbons (Fsp3) is 0.385. The molecule has 0 saturated carbocycles. The lowest BCUT2D eigenvalue weighted by Gasteiger charge is -1.94. The Morgan fingerprint density at radius 1 is 0.737 bits per heavy atom. The van der Waals surface area contributed by atoms with Crippen LogP contribution in [0, 0.1) is 0 Å². The summed E-state index contributed by atoms with van der Waals surface area (Å²) in [6, 6.07) is 5.02. The minimum Gasteiger partial charge on any atom is -0.478 e. The van der Waals surface area contributed by atoms with E-state index >= 15 is 0 Å². The van der Waals surface area contributed by atoms with Crippen LogP contribution in [0.1, 0.15) is 40.0 Å². The lowest BCUT2D eigenvalue weighted by Crippen LogP contribution is -1.99. The molecule has 6 nitrogen and oxygen atoms in total. The minimum atomic E-state index is -1.06. The maximum atomic E-state index is 10.3. The van der Waals surface area contributed by atoms with Gasteiger partial charge >= 0.3 is 11.9 Å². The zero-order valence-electron chi connectivity index (χ0n) is 10.5. The average molecular weight is 270 g/mol. The van der Waals surface area contributed by atoms with Crippen LogP contribution < -0.4 is 0 Å². The Balaban J connectivity index is 0.000000399. The highest BCUT2D eigenvalue weighted by atomic mass is 16.4. The summed E-state index contributed by atoms with van der Waals surface area (Å²) in [5, 5.41) is 33.4. The van der Waals surface area contributed by atoms with Gasteiger partial charge in [-0.3, -0.25) is 0 Å². The third-order valence-electron chi connectivity index (χ3n) is 2.20. The summed E-state index contributed by atoms with van der Waals surface area (Å²) in [5.41, 5.74) is 0.167. The second kappa shape index (κ2) is 10.0. The van der Waals surface area contributed by atoms with Crippen LogP contribution in [0.5, 0.6) is 0 Å². The number of rotatable bonds is 6. The number of aliphatic hydroxyl groups excluding tert-OH is 2. The number of hydrogen-bond donors (Lipinski definition) is 4. The molecular weight excluding hydrogens is 252 g/mol. The molecule has 0 unspecified atom stereocenters. The Labute approximate surface area is 110 Å². The number of unbranched alkanes of at least 4 members (excludes halogenated alkanes) is 2. The van der Waals surface area contributed by atoms with Crippen molar-refractivity contribution in [2.75, 3.05) is 13.2 Å². The maximum Gasteiger partial charge on any atom is 0.335 e. The van der Waals surface area contributed by atoms with E-state index in [4.69, 9.17) is 20.4 Å². The molecule has 1 aromatic carbocycles. The summed E-state index contributed by atoms with van der Waals surface area (Å²) in [5.74, 6) is -2.13. The van der Waals surface area contributed by atoms with Crippen molar-refractivity contribution < 1.29 is 30.0 Å². The van der Waals surface area contributed by atoms with Crippen molar-refractivity contribution >= 4 is 11.9 Å². The summed E-state index contributed by atoms with van der Waals surface area (Å²) in [6.07, 6.45) is 2.58. The molecule has 0 heterocycles. The molecule has 19 heavy (non-hydrogen) atoms. The van der Waals surface area contributed by atoms with Gasteiger partial charge in [-0.2, -0.15) is 0 Å². The Hall–Kier alpha value is -1.92. The highest BCUT2D eigenvalue weighted by molar-refractivity contribution is 5.91. The lowest BCUT2D eigenvalue weighted by molar-refractivity contribution is 0.0681. The van der Waals surface area contributed by atoms with Crippen molar-refractivity contribution in [3.63, 3.8) is 0 Å². The maximum absolute atomic E-state index is 10.3. The SMILES string of the molecule is O=C(O)c1ccc(C(=O)O)cc1.OCCCCCO. The molecule has 0 aliphatic heterocycles. The van der Waals surface area contributed by atoms with Crippen LogP contribution in [0.25, 0.3) is 0 Å². The first-order valence-electron chi connectivity index (χ1n) is 5.81. The molecule has 1 aromatic rings. The van der Waals surface area contributed by atoms with Crippen LogP contribution in [-0.4, -0.2) is 45.6 Å². The molecule has 4 N–H and O–H groups in total. The number of benzene rings is 1. The Kier molecular flexibility index (Phi) is 9.03. The van der Waals surface area contributed by atoms with E-state index in [2.05, 4.69) is 0 Å². The Bertz CT molecular complexity index is 348. The van der Waals surface area contributed by atoms with E-state index in [0.717, 1.165) is 19.3 Å². The first kappa shape index (κ1) is 17.1. The van der Waals surface area contributed by atoms with Gasteiger partial charge in [-0.25, -0.2) is 9.59 Å². The number of aliphatic hydroxyl groups is 2. The molecule has 0 aliphatic carbocycles. The van der Waals surface area contributed by atoms with E-state index < -0.39 is 11.9 Å². The first-order chi connectivity index (χ1) is 9.02. The molecule has 0 saturated heterocycles. The molecular formula is C13H18O6. The van der Waals surface area contributed by atoms with Gasteiger partial charge in [-0.15, -0.1) is 0 Å². The van der Waals surface area contributed by atoms with Gasteiger partial charge in [0.1, 0.15) is 0 Å². The predicted octanol–water partition coefficient (Wildman–Crippen LogP) is 1.22. The van der Waals surface area contributed by atoms with E-state index in [1.165, 1.54) is 24.3 Å². The van der Waals surface area contributed by atoms with Gasteiger partial charge in [-0.05, 0) is 43.5 Å². The highest BCUT2D eigenvalue weighted by Gasteiger charge is 2.04. The minimum absolute atomic E-state index is 0.0833. The lowest BCUT2D eigenvalue weighted by atomic mass is 10.1. The van der Waals surface area contributed by atoms with Gasteiger partial charge in [0.05, 0.1) is 11.1 Å². The number of aromatic carboxylic acids is 2. The monoisotopic (exact) mass is 270 g/mol. The Morgan fingerprint density at radius 2 is 1.05 bits per heavy atom. The number of carbonyl (C=O) groups is 2. The van der Waals surface area contributed by atoms with Crippen LogP contribution in [0.2, 0.25) is 0 Å². The van der Waals surface area contributed by atoms with Crippen molar-refractivity contribution in [1.29, 1.82) is 0 Å². The zero-order valence-corrected chi connectivity index (χ0v) is 10.5. The van der Waals surface area contributed by atoms with Gasteiger partial charge in [0.15, 0.2) is 0 Å². The quantitative estimate of drug-likeness (QED) is 0.578. The van der Waals surface area contributed by atoms with E-state index in [-0.39, 0.29) is 24.3 Å². The van der Waals surface area contributed by atoms with Crippen LogP contribution in [-0.2, 0) is 0 Å². The summed E-state index contributed by atoms with van der Waals surface area (Å²) in [7, 11) is 0. The van der Waals surface area contributed by atoms with Gasteiger partial charge in [0.2, 0.25) is 0 Å². The number of hydrogen-bond acceptors (Lipinski definition) is 4. The fourth-order valence-corrected chi connectivity index (χ4v) is 1.16. The summed E-state index contributed by atoms with van der Waals surface area (Å²) >= 11 is 0. The molecule has 0 bridgehead atoms. The van der Waals surface area contributed by atoms with Crippen LogP contribution >= 0.6 is 0 Å². The largest absolute Gasteiger partial charge is 0.478 e. The molecule has 0 spiro atoms. The van der Waals surface area contributed by atoms with Gasteiger partial charge in [-0.1, -0.05) is 0 Å². The molecule has 6 heteroatoms. The smallest absolute Gasteiger partial charge is 0.335 e. The van der Waals surface area contributed by atoms with E-state index in [0.29, 0.717) is 0 Å². The molecule has 1 rings (SSSR count). The van der Waals surface area contributed by atoms with E-state index in [1.807, 2.05) is 0 Å². The topological polar surface area (TPSA) is 115 Å². The second-order valence-electron chi connectivity index (χ2n) is 3.70. The van der Waals surface area contributed by atoms with E-state index in [1.54, 1.807) is 0 Å². The van der Waals surface area contributed by atoms with Crippen molar-refractivity contribution in [3.8, 4) is 0 Å². The second-order valence-corrected chi connectivity index (χ2v) is 3.70. The van der Waals surface area contributed by atoms with Crippen molar-refractivity contribution in [1.82, 2.24) is 0 Å². The first-order valence-corrected chi connectivity index (χ1v) is 5.81. The van der Waals surface area contributed by atoms with E-state index in [9.17, 15) is 9.59 Å². The highest BCUT2D eigenvalue weighted by Crippen LogP contribution is 2.03. The third kappa shape index (κ3) is 7.91.